The van der Waals surface area contributed by atoms with Crippen LogP contribution in [0.1, 0.15) is 155 Å². The van der Waals surface area contributed by atoms with E-state index in [1.807, 2.05) is 0 Å². The number of carboxylic acids is 1. The Morgan fingerprint density at radius 2 is 0.881 bits per heavy atom. The number of hydrogen-bond donors (Lipinski definition) is 1. The van der Waals surface area contributed by atoms with Gasteiger partial charge in [0.25, 0.3) is 0 Å². The fraction of sp³-hybridized carbons (Fsp3) is 0.941. The van der Waals surface area contributed by atoms with Gasteiger partial charge < -0.3 is 5.11 Å². The topological polar surface area (TPSA) is 71.4 Å². The summed E-state index contributed by atoms with van der Waals surface area (Å²) in [6.07, 6.45) is 28.6. The van der Waals surface area contributed by atoms with E-state index in [1.54, 1.807) is 0 Å². The van der Waals surface area contributed by atoms with E-state index in [0.717, 1.165) is 61.2 Å². The van der Waals surface area contributed by atoms with Crippen molar-refractivity contribution in [3.63, 3.8) is 0 Å². The number of aliphatic carboxylic acids is 1. The summed E-state index contributed by atoms with van der Waals surface area (Å²) in [7, 11) is 7.36. The predicted octanol–water partition coefficient (Wildman–Crippen LogP) is 11.5. The van der Waals surface area contributed by atoms with Crippen molar-refractivity contribution in [1.82, 2.24) is 0 Å². The lowest BCUT2D eigenvalue weighted by Gasteiger charge is -2.37. The Balaban J connectivity index is 0.000000261. The number of carbonyl (C=O) groups excluding carboxylic acids is 1. The normalized spacial score (nSPS) is 33.5. The number of hydrogen-bond acceptors (Lipinski definition) is 3. The molecule has 0 aromatic rings. The van der Waals surface area contributed by atoms with Gasteiger partial charge in [0, 0.05) is 27.3 Å². The SMILES string of the molecule is CCCCC1CCC(C2CCC(C(=O)Cl)CC2)CC1.CCCCC1CCC(C2CCC(C(=O)O)CC2)CC1.O=S(Cl)Cl. The van der Waals surface area contributed by atoms with Crippen LogP contribution >= 0.6 is 33.0 Å². The maximum Gasteiger partial charge on any atom is 0.306 e. The fourth-order valence-electron chi connectivity index (χ4n) is 8.54. The summed E-state index contributed by atoms with van der Waals surface area (Å²) >= 11 is 5.62. The number of carbonyl (C=O) groups is 2. The summed E-state index contributed by atoms with van der Waals surface area (Å²) in [5, 5.41) is 8.96. The summed E-state index contributed by atoms with van der Waals surface area (Å²) in [6.45, 7) is 4.58. The quantitative estimate of drug-likeness (QED) is 0.235. The molecule has 0 saturated heterocycles. The average molecular weight is 670 g/mol. The number of carboxylic acid groups (broad SMARTS) is 1. The second kappa shape index (κ2) is 21.8. The van der Waals surface area contributed by atoms with Gasteiger partial charge in [0.05, 0.1) is 5.92 Å². The molecule has 0 unspecified atom stereocenters. The van der Waals surface area contributed by atoms with E-state index in [4.69, 9.17) is 20.9 Å². The largest absolute Gasteiger partial charge is 0.481 e. The Kier molecular flexibility index (Phi) is 19.9. The molecule has 4 aliphatic rings. The van der Waals surface area contributed by atoms with Crippen LogP contribution in [0.15, 0.2) is 0 Å². The van der Waals surface area contributed by atoms with Crippen LogP contribution in [0.25, 0.3) is 0 Å². The van der Waals surface area contributed by atoms with Crippen LogP contribution in [0.4, 0.5) is 0 Å². The number of rotatable bonds is 10. The molecule has 0 atom stereocenters. The Morgan fingerprint density at radius 3 is 1.14 bits per heavy atom. The van der Waals surface area contributed by atoms with Crippen molar-refractivity contribution in [3.8, 4) is 0 Å². The zero-order valence-corrected chi connectivity index (χ0v) is 29.5. The van der Waals surface area contributed by atoms with Crippen LogP contribution in [0.2, 0.25) is 0 Å². The summed E-state index contributed by atoms with van der Waals surface area (Å²) in [5.74, 6) is 5.14. The Labute approximate surface area is 273 Å². The molecule has 0 aliphatic heterocycles. The third kappa shape index (κ3) is 15.0. The van der Waals surface area contributed by atoms with Crippen molar-refractivity contribution in [2.75, 3.05) is 0 Å². The van der Waals surface area contributed by atoms with Gasteiger partial charge >= 0.3 is 5.97 Å². The molecule has 246 valence electrons. The van der Waals surface area contributed by atoms with Crippen LogP contribution in [-0.4, -0.2) is 20.5 Å². The van der Waals surface area contributed by atoms with Crippen molar-refractivity contribution >= 4 is 53.4 Å². The van der Waals surface area contributed by atoms with E-state index in [-0.39, 0.29) is 17.1 Å². The van der Waals surface area contributed by atoms with Gasteiger partial charge in [-0.05, 0) is 124 Å². The molecule has 0 bridgehead atoms. The van der Waals surface area contributed by atoms with Crippen LogP contribution in [0, 0.1) is 47.3 Å². The molecule has 4 nitrogen and oxygen atoms in total. The van der Waals surface area contributed by atoms with Gasteiger partial charge in [-0.25, -0.2) is 4.21 Å². The highest BCUT2D eigenvalue weighted by molar-refractivity contribution is 8.26. The van der Waals surface area contributed by atoms with Crippen molar-refractivity contribution in [2.45, 2.75) is 155 Å². The van der Waals surface area contributed by atoms with Crippen molar-refractivity contribution in [3.05, 3.63) is 0 Å². The molecule has 0 aromatic carbocycles. The van der Waals surface area contributed by atoms with E-state index < -0.39 is 15.2 Å². The smallest absolute Gasteiger partial charge is 0.306 e. The van der Waals surface area contributed by atoms with Gasteiger partial charge in [-0.2, -0.15) is 0 Å². The molecule has 4 saturated carbocycles. The molecular weight excluding hydrogens is 611 g/mol. The number of unbranched alkanes of at least 4 members (excludes halogenated alkanes) is 2. The highest BCUT2D eigenvalue weighted by Gasteiger charge is 2.33. The number of halogens is 3. The maximum atomic E-state index is 11.2. The zero-order valence-electron chi connectivity index (χ0n) is 26.4. The van der Waals surface area contributed by atoms with Gasteiger partial charge in [-0.1, -0.05) is 78.1 Å². The summed E-state index contributed by atoms with van der Waals surface area (Å²) in [5.41, 5.74) is 0. The highest BCUT2D eigenvalue weighted by Crippen LogP contribution is 2.43. The molecule has 0 aromatic heterocycles. The second-order valence-electron chi connectivity index (χ2n) is 13.9. The molecule has 4 rings (SSSR count). The first kappa shape index (κ1) is 38.3. The minimum atomic E-state index is -1.67. The molecular formula is C34H59Cl3O4S. The van der Waals surface area contributed by atoms with Gasteiger partial charge in [-0.15, -0.1) is 0 Å². The molecule has 4 fully saturated rings. The summed E-state index contributed by atoms with van der Waals surface area (Å²) in [6, 6.07) is 0. The molecule has 0 spiro atoms. The van der Waals surface area contributed by atoms with Crippen molar-refractivity contribution < 1.29 is 18.9 Å². The lowest BCUT2D eigenvalue weighted by Crippen LogP contribution is -2.28. The second-order valence-corrected chi connectivity index (χ2v) is 16.8. The van der Waals surface area contributed by atoms with Gasteiger partial charge in [0.1, 0.15) is 0 Å². The molecule has 0 heterocycles. The van der Waals surface area contributed by atoms with Crippen LogP contribution in [-0.2, 0) is 18.8 Å². The average Bonchev–Trinajstić information content (AvgIpc) is 2.99. The molecule has 0 amide bonds. The molecule has 8 heteroatoms. The van der Waals surface area contributed by atoms with E-state index in [2.05, 4.69) is 35.2 Å². The zero-order chi connectivity index (χ0) is 30.9. The monoisotopic (exact) mass is 668 g/mol. The first-order valence-corrected chi connectivity index (χ1v) is 20.5. The van der Waals surface area contributed by atoms with Gasteiger partial charge in [-0.3, -0.25) is 9.59 Å². The fourth-order valence-corrected chi connectivity index (χ4v) is 8.76. The van der Waals surface area contributed by atoms with E-state index in [9.17, 15) is 9.59 Å². The van der Waals surface area contributed by atoms with Crippen molar-refractivity contribution in [1.29, 1.82) is 0 Å². The Morgan fingerprint density at radius 1 is 0.595 bits per heavy atom. The minimum absolute atomic E-state index is 0.0443. The lowest BCUT2D eigenvalue weighted by atomic mass is 9.68. The van der Waals surface area contributed by atoms with Crippen LogP contribution in [0.3, 0.4) is 0 Å². The molecule has 1 N–H and O–H groups in total. The third-order valence-corrected chi connectivity index (χ3v) is 11.6. The van der Waals surface area contributed by atoms with Crippen LogP contribution in [0.5, 0.6) is 0 Å². The Bertz CT molecular complexity index is 703. The van der Waals surface area contributed by atoms with E-state index in [1.165, 1.54) is 116 Å². The predicted molar refractivity (Wildman–Crippen MR) is 179 cm³/mol. The lowest BCUT2D eigenvalue weighted by molar-refractivity contribution is -0.143. The van der Waals surface area contributed by atoms with Crippen molar-refractivity contribution in [2.24, 2.45) is 47.3 Å². The highest BCUT2D eigenvalue weighted by atomic mass is 36.0. The molecule has 42 heavy (non-hydrogen) atoms. The Hall–Kier alpha value is 0.160. The third-order valence-electron chi connectivity index (χ3n) is 11.3. The van der Waals surface area contributed by atoms with Gasteiger partial charge in [0.15, 0.2) is 0 Å². The van der Waals surface area contributed by atoms with Gasteiger partial charge in [0.2, 0.25) is 14.5 Å². The first-order valence-electron chi connectivity index (χ1n) is 17.3. The van der Waals surface area contributed by atoms with E-state index in [0.29, 0.717) is 0 Å². The molecule has 0 radical (unpaired) electrons. The summed E-state index contributed by atoms with van der Waals surface area (Å²) in [4.78, 5) is 22.2. The first-order chi connectivity index (χ1) is 20.1. The summed E-state index contributed by atoms with van der Waals surface area (Å²) < 4.78 is 9.09. The molecule has 4 aliphatic carbocycles. The minimum Gasteiger partial charge on any atom is -0.481 e. The maximum absolute atomic E-state index is 11.2. The standard InChI is InChI=1S/C17H29ClO.C17H30O2.Cl2OS/c2*1-2-3-4-13-5-7-14(8-6-13)15-9-11-16(12-10-15)17(18)19;1-4(2)3/h13-16H,2-12H2,1H3;13-16H,2-12H2,1H3,(H,18,19);. The van der Waals surface area contributed by atoms with Crippen LogP contribution < -0.4 is 0 Å². The van der Waals surface area contributed by atoms with E-state index >= 15 is 0 Å².